The van der Waals surface area contributed by atoms with Gasteiger partial charge in [-0.1, -0.05) is 0 Å². The third-order valence-electron chi connectivity index (χ3n) is 2.42. The molecule has 1 rings (SSSR count). The molecule has 13 heavy (non-hydrogen) atoms. The summed E-state index contributed by atoms with van der Waals surface area (Å²) in [6.45, 7) is 0.225. The lowest BCUT2D eigenvalue weighted by atomic mass is 9.94. The average molecular weight is 191 g/mol. The van der Waals surface area contributed by atoms with Crippen LogP contribution in [0.25, 0.3) is 0 Å². The van der Waals surface area contributed by atoms with Crippen molar-refractivity contribution < 1.29 is 20.4 Å². The van der Waals surface area contributed by atoms with Crippen LogP contribution in [0.3, 0.4) is 0 Å². The van der Waals surface area contributed by atoms with Crippen LogP contribution >= 0.6 is 0 Å². The summed E-state index contributed by atoms with van der Waals surface area (Å²) in [4.78, 5) is 0. The van der Waals surface area contributed by atoms with Gasteiger partial charge < -0.3 is 25.7 Å². The van der Waals surface area contributed by atoms with E-state index in [1.165, 1.54) is 0 Å². The molecule has 0 aliphatic carbocycles. The number of rotatable bonds is 3. The zero-order chi connectivity index (χ0) is 9.84. The molecule has 0 aromatic carbocycles. The molecule has 1 heterocycles. The fourth-order valence-corrected chi connectivity index (χ4v) is 1.59. The lowest BCUT2D eigenvalue weighted by Gasteiger charge is -2.34. The van der Waals surface area contributed by atoms with E-state index in [9.17, 15) is 10.2 Å². The van der Waals surface area contributed by atoms with Crippen molar-refractivity contribution in [2.45, 2.75) is 37.2 Å². The molecule has 78 valence electrons. The Balaban J connectivity index is 2.47. The highest BCUT2D eigenvalue weighted by Gasteiger charge is 2.32. The molecule has 1 fully saturated rings. The first-order chi connectivity index (χ1) is 6.16. The van der Waals surface area contributed by atoms with Crippen LogP contribution in [0.1, 0.15) is 12.8 Å². The number of hydrogen-bond donors (Lipinski definition) is 5. The number of piperidine rings is 1. The van der Waals surface area contributed by atoms with E-state index < -0.39 is 31.0 Å². The number of hydrogen-bond acceptors (Lipinski definition) is 5. The molecule has 0 saturated carbocycles. The summed E-state index contributed by atoms with van der Waals surface area (Å²) >= 11 is 0. The Hall–Kier alpha value is -0.200. The van der Waals surface area contributed by atoms with E-state index in [-0.39, 0.29) is 0 Å². The summed E-state index contributed by atoms with van der Waals surface area (Å²) in [5, 5.41) is 39.6. The van der Waals surface area contributed by atoms with E-state index in [2.05, 4.69) is 5.32 Å². The lowest BCUT2D eigenvalue weighted by Crippen LogP contribution is -2.56. The molecule has 1 saturated heterocycles. The summed E-state index contributed by atoms with van der Waals surface area (Å²) in [6, 6.07) is -0.532. The van der Waals surface area contributed by atoms with Gasteiger partial charge in [0.2, 0.25) is 0 Å². The van der Waals surface area contributed by atoms with Gasteiger partial charge in [-0.25, -0.2) is 0 Å². The van der Waals surface area contributed by atoms with Crippen LogP contribution < -0.4 is 5.32 Å². The Kier molecular flexibility index (Phi) is 4.08. The van der Waals surface area contributed by atoms with Crippen LogP contribution in [-0.2, 0) is 0 Å². The largest absolute Gasteiger partial charge is 0.394 e. The zero-order valence-electron chi connectivity index (χ0n) is 7.43. The van der Waals surface area contributed by atoms with Gasteiger partial charge in [0.1, 0.15) is 6.10 Å². The van der Waals surface area contributed by atoms with E-state index in [1.54, 1.807) is 0 Å². The molecule has 0 amide bonds. The maximum absolute atomic E-state index is 9.48. The summed E-state index contributed by atoms with van der Waals surface area (Å²) in [5.74, 6) is 0. The molecule has 5 nitrogen and oxygen atoms in total. The second-order valence-electron chi connectivity index (χ2n) is 3.43. The Morgan fingerprint density at radius 1 is 1.38 bits per heavy atom. The van der Waals surface area contributed by atoms with Gasteiger partial charge in [-0.2, -0.15) is 0 Å². The van der Waals surface area contributed by atoms with Crippen molar-refractivity contribution in [1.82, 2.24) is 5.32 Å². The predicted octanol–water partition coefficient (Wildman–Crippen LogP) is -2.19. The molecule has 1 aliphatic rings. The van der Waals surface area contributed by atoms with Gasteiger partial charge in [0.15, 0.2) is 0 Å². The number of aliphatic hydroxyl groups excluding tert-OH is 4. The van der Waals surface area contributed by atoms with Crippen molar-refractivity contribution in [2.24, 2.45) is 0 Å². The van der Waals surface area contributed by atoms with E-state index in [0.717, 1.165) is 13.0 Å². The first-order valence-electron chi connectivity index (χ1n) is 4.55. The Labute approximate surface area is 77.0 Å². The summed E-state index contributed by atoms with van der Waals surface area (Å²) in [5.41, 5.74) is 0. The zero-order valence-corrected chi connectivity index (χ0v) is 7.43. The first-order valence-corrected chi connectivity index (χ1v) is 4.55. The molecule has 0 aromatic heterocycles. The van der Waals surface area contributed by atoms with Crippen molar-refractivity contribution in [3.05, 3.63) is 0 Å². The van der Waals surface area contributed by atoms with Gasteiger partial charge >= 0.3 is 0 Å². The molecule has 0 aromatic rings. The second kappa shape index (κ2) is 4.88. The predicted molar refractivity (Wildman–Crippen MR) is 46.1 cm³/mol. The molecule has 5 heteroatoms. The van der Waals surface area contributed by atoms with Crippen molar-refractivity contribution in [1.29, 1.82) is 0 Å². The Morgan fingerprint density at radius 3 is 2.62 bits per heavy atom. The molecule has 0 spiro atoms. The normalized spacial score (nSPS) is 34.2. The molecule has 0 bridgehead atoms. The van der Waals surface area contributed by atoms with Crippen LogP contribution in [0, 0.1) is 0 Å². The third-order valence-corrected chi connectivity index (χ3v) is 2.42. The monoisotopic (exact) mass is 191 g/mol. The highest BCUT2D eigenvalue weighted by Crippen LogP contribution is 2.13. The van der Waals surface area contributed by atoms with Crippen LogP contribution in [0.4, 0.5) is 0 Å². The van der Waals surface area contributed by atoms with Crippen molar-refractivity contribution in [3.63, 3.8) is 0 Å². The van der Waals surface area contributed by atoms with Gasteiger partial charge in [-0.3, -0.25) is 0 Å². The Bertz CT molecular complexity index is 155. The number of aliphatic hydroxyl groups is 4. The van der Waals surface area contributed by atoms with E-state index >= 15 is 0 Å². The minimum atomic E-state index is -1.19. The maximum Gasteiger partial charge on any atom is 0.104 e. The minimum Gasteiger partial charge on any atom is -0.394 e. The average Bonchev–Trinajstić information content (AvgIpc) is 2.16. The molecular weight excluding hydrogens is 174 g/mol. The van der Waals surface area contributed by atoms with Gasteiger partial charge in [-0.05, 0) is 19.4 Å². The highest BCUT2D eigenvalue weighted by molar-refractivity contribution is 4.89. The Morgan fingerprint density at radius 2 is 2.08 bits per heavy atom. The van der Waals surface area contributed by atoms with Crippen molar-refractivity contribution in [3.8, 4) is 0 Å². The molecule has 4 atom stereocenters. The topological polar surface area (TPSA) is 93.0 Å². The van der Waals surface area contributed by atoms with Crippen LogP contribution in [0.15, 0.2) is 0 Å². The lowest BCUT2D eigenvalue weighted by molar-refractivity contribution is -0.0645. The second-order valence-corrected chi connectivity index (χ2v) is 3.43. The fourth-order valence-electron chi connectivity index (χ4n) is 1.59. The number of nitrogens with one attached hydrogen (secondary N) is 1. The smallest absolute Gasteiger partial charge is 0.104 e. The highest BCUT2D eigenvalue weighted by atomic mass is 16.4. The third kappa shape index (κ3) is 2.62. The van der Waals surface area contributed by atoms with Crippen LogP contribution in [0.5, 0.6) is 0 Å². The standard InChI is InChI=1S/C8H17NO4/c10-4-6(12)8(13)7-5(11)2-1-3-9-7/h5-13H,1-4H2/t5-,6-,7+,8-/m1/s1. The minimum absolute atomic E-state index is 0.494. The molecule has 5 N–H and O–H groups in total. The van der Waals surface area contributed by atoms with E-state index in [1.807, 2.05) is 0 Å². The SMILES string of the molecule is OC[C@@H](O)[C@@H](O)[C@H]1NCCC[C@H]1O. The quantitative estimate of drug-likeness (QED) is 0.349. The molecule has 0 radical (unpaired) electrons. The molecular formula is C8H17NO4. The maximum atomic E-state index is 9.48. The van der Waals surface area contributed by atoms with Crippen molar-refractivity contribution in [2.75, 3.05) is 13.2 Å². The summed E-state index contributed by atoms with van der Waals surface area (Å²) < 4.78 is 0. The van der Waals surface area contributed by atoms with Crippen LogP contribution in [-0.4, -0.2) is 57.9 Å². The van der Waals surface area contributed by atoms with E-state index in [4.69, 9.17) is 10.2 Å². The fraction of sp³-hybridized carbons (Fsp3) is 1.00. The van der Waals surface area contributed by atoms with E-state index in [0.29, 0.717) is 6.42 Å². The first kappa shape index (κ1) is 10.9. The van der Waals surface area contributed by atoms with Crippen LogP contribution in [0.2, 0.25) is 0 Å². The van der Waals surface area contributed by atoms with Crippen molar-refractivity contribution >= 4 is 0 Å². The molecule has 1 aliphatic heterocycles. The summed E-state index contributed by atoms with van der Waals surface area (Å²) in [7, 11) is 0. The van der Waals surface area contributed by atoms with Gasteiger partial charge in [0.25, 0.3) is 0 Å². The van der Waals surface area contributed by atoms with Gasteiger partial charge in [0.05, 0.1) is 24.9 Å². The summed E-state index contributed by atoms with van der Waals surface area (Å²) in [6.07, 6.45) is -1.47. The molecule has 0 unspecified atom stereocenters. The van der Waals surface area contributed by atoms with Gasteiger partial charge in [0, 0.05) is 0 Å². The van der Waals surface area contributed by atoms with Gasteiger partial charge in [-0.15, -0.1) is 0 Å².